The van der Waals surface area contributed by atoms with Crippen LogP contribution in [0.25, 0.3) is 0 Å². The monoisotopic (exact) mass is 359 g/mol. The highest BCUT2D eigenvalue weighted by Crippen LogP contribution is 2.38. The van der Waals surface area contributed by atoms with E-state index in [-0.39, 0.29) is 15.7 Å². The van der Waals surface area contributed by atoms with E-state index in [1.807, 2.05) is 6.92 Å². The van der Waals surface area contributed by atoms with Crippen LogP contribution in [0.3, 0.4) is 0 Å². The van der Waals surface area contributed by atoms with Gasteiger partial charge in [-0.05, 0) is 43.3 Å². The molecule has 0 heterocycles. The number of aromatic hydroxyl groups is 1. The van der Waals surface area contributed by atoms with Crippen LogP contribution in [0.15, 0.2) is 41.3 Å². The van der Waals surface area contributed by atoms with E-state index in [1.165, 1.54) is 18.2 Å². The highest BCUT2D eigenvalue weighted by Gasteiger charge is 2.17. The topological polar surface area (TPSA) is 57.6 Å². The number of anilines is 2. The normalized spacial score (nSPS) is 11.5. The summed E-state index contributed by atoms with van der Waals surface area (Å²) in [5.74, 6) is 0.0644. The van der Waals surface area contributed by atoms with Crippen LogP contribution in [0.1, 0.15) is 6.92 Å². The van der Waals surface area contributed by atoms with E-state index in [2.05, 4.69) is 0 Å². The molecule has 0 fully saturated rings. The molecule has 0 saturated carbocycles. The van der Waals surface area contributed by atoms with Gasteiger partial charge in [-0.15, -0.1) is 0 Å². The van der Waals surface area contributed by atoms with Crippen LogP contribution < -0.4 is 4.90 Å². The molecule has 2 aromatic rings. The van der Waals surface area contributed by atoms with Crippen molar-refractivity contribution in [3.05, 3.63) is 46.4 Å². The van der Waals surface area contributed by atoms with E-state index in [4.69, 9.17) is 23.2 Å². The Morgan fingerprint density at radius 2 is 1.77 bits per heavy atom. The molecule has 0 amide bonds. The highest BCUT2D eigenvalue weighted by molar-refractivity contribution is 7.90. The van der Waals surface area contributed by atoms with E-state index in [0.29, 0.717) is 22.9 Å². The minimum Gasteiger partial charge on any atom is -0.506 e. The van der Waals surface area contributed by atoms with Crippen molar-refractivity contribution in [1.82, 2.24) is 0 Å². The summed E-state index contributed by atoms with van der Waals surface area (Å²) in [5.41, 5.74) is 1.10. The molecule has 0 bridgehead atoms. The summed E-state index contributed by atoms with van der Waals surface area (Å²) in [4.78, 5) is 1.91. The minimum atomic E-state index is -3.33. The summed E-state index contributed by atoms with van der Waals surface area (Å²) >= 11 is 12.2. The Morgan fingerprint density at radius 1 is 1.09 bits per heavy atom. The zero-order valence-corrected chi connectivity index (χ0v) is 14.4. The van der Waals surface area contributed by atoms with Gasteiger partial charge in [0.2, 0.25) is 0 Å². The number of halogens is 2. The highest BCUT2D eigenvalue weighted by atomic mass is 35.5. The lowest BCUT2D eigenvalue weighted by Crippen LogP contribution is -2.17. The summed E-state index contributed by atoms with van der Waals surface area (Å²) in [6.45, 7) is 2.41. The van der Waals surface area contributed by atoms with Gasteiger partial charge in [0.15, 0.2) is 9.84 Å². The number of benzene rings is 2. The molecule has 0 radical (unpaired) electrons. The summed E-state index contributed by atoms with van der Waals surface area (Å²) in [5, 5.41) is 10.8. The van der Waals surface area contributed by atoms with E-state index in [9.17, 15) is 13.5 Å². The zero-order chi connectivity index (χ0) is 16.5. The molecule has 1 N–H and O–H groups in total. The maximum Gasteiger partial charge on any atom is 0.175 e. The van der Waals surface area contributed by atoms with Crippen molar-refractivity contribution in [3.63, 3.8) is 0 Å². The second-order valence-electron chi connectivity index (χ2n) is 4.76. The van der Waals surface area contributed by atoms with Crippen LogP contribution in [0.4, 0.5) is 11.4 Å². The second kappa shape index (κ2) is 6.36. The van der Waals surface area contributed by atoms with Crippen molar-refractivity contribution in [2.75, 3.05) is 17.7 Å². The Bertz CT molecular complexity index is 806. The van der Waals surface area contributed by atoms with Gasteiger partial charge in [-0.1, -0.05) is 23.2 Å². The summed E-state index contributed by atoms with van der Waals surface area (Å²) in [6.07, 6.45) is 1.12. The van der Waals surface area contributed by atoms with Crippen molar-refractivity contribution in [1.29, 1.82) is 0 Å². The number of nitrogens with zero attached hydrogens (tertiary/aromatic N) is 1. The first kappa shape index (κ1) is 16.9. The molecule has 0 aliphatic heterocycles. The minimum absolute atomic E-state index is 0.0644. The molecule has 0 aliphatic rings. The first-order chi connectivity index (χ1) is 10.2. The van der Waals surface area contributed by atoms with Gasteiger partial charge in [0.25, 0.3) is 0 Å². The number of phenols is 1. The van der Waals surface area contributed by atoms with Crippen molar-refractivity contribution >= 4 is 44.4 Å². The standard InChI is InChI=1S/C15H15Cl2NO3S/c1-3-18(14-8-10(16)4-7-15(14)19)13-6-5-11(9-12(13)17)22(2,20)21/h4-9,19H,3H2,1-2H3. The molecular formula is C15H15Cl2NO3S. The van der Waals surface area contributed by atoms with Gasteiger partial charge < -0.3 is 10.0 Å². The summed E-state index contributed by atoms with van der Waals surface area (Å²) < 4.78 is 23.1. The fourth-order valence-electron chi connectivity index (χ4n) is 2.12. The molecular weight excluding hydrogens is 345 g/mol. The quantitative estimate of drug-likeness (QED) is 0.885. The van der Waals surface area contributed by atoms with E-state index < -0.39 is 9.84 Å². The number of rotatable bonds is 4. The lowest BCUT2D eigenvalue weighted by Gasteiger charge is -2.25. The number of hydrogen-bond donors (Lipinski definition) is 1. The van der Waals surface area contributed by atoms with Gasteiger partial charge in [-0.25, -0.2) is 8.42 Å². The SMILES string of the molecule is CCN(c1cc(Cl)ccc1O)c1ccc(S(C)(=O)=O)cc1Cl. The van der Waals surface area contributed by atoms with Crippen molar-refractivity contribution in [2.45, 2.75) is 11.8 Å². The largest absolute Gasteiger partial charge is 0.506 e. The van der Waals surface area contributed by atoms with Crippen LogP contribution in [0, 0.1) is 0 Å². The molecule has 22 heavy (non-hydrogen) atoms. The third-order valence-electron chi connectivity index (χ3n) is 3.18. The predicted molar refractivity (Wildman–Crippen MR) is 90.4 cm³/mol. The maximum absolute atomic E-state index is 11.6. The average molecular weight is 360 g/mol. The predicted octanol–water partition coefficient (Wildman–Crippen LogP) is 4.26. The van der Waals surface area contributed by atoms with E-state index in [1.54, 1.807) is 23.1 Å². The van der Waals surface area contributed by atoms with Gasteiger partial charge in [0, 0.05) is 17.8 Å². The number of hydrogen-bond acceptors (Lipinski definition) is 4. The fraction of sp³-hybridized carbons (Fsp3) is 0.200. The van der Waals surface area contributed by atoms with Crippen molar-refractivity contribution in [2.24, 2.45) is 0 Å². The Kier molecular flexibility index (Phi) is 4.90. The lowest BCUT2D eigenvalue weighted by molar-refractivity contribution is 0.475. The smallest absolute Gasteiger partial charge is 0.175 e. The molecule has 0 aromatic heterocycles. The van der Waals surface area contributed by atoms with E-state index >= 15 is 0 Å². The second-order valence-corrected chi connectivity index (χ2v) is 7.62. The van der Waals surface area contributed by atoms with Crippen LogP contribution in [0.5, 0.6) is 5.75 Å². The van der Waals surface area contributed by atoms with Crippen LogP contribution in [-0.4, -0.2) is 26.3 Å². The fourth-order valence-corrected chi connectivity index (χ4v) is 3.28. The summed E-state index contributed by atoms with van der Waals surface area (Å²) in [6, 6.07) is 9.21. The molecule has 0 atom stereocenters. The molecule has 0 saturated heterocycles. The molecule has 2 rings (SSSR count). The van der Waals surface area contributed by atoms with Crippen LogP contribution in [-0.2, 0) is 9.84 Å². The lowest BCUT2D eigenvalue weighted by atomic mass is 10.2. The summed E-state index contributed by atoms with van der Waals surface area (Å²) in [7, 11) is -3.33. The molecule has 0 unspecified atom stereocenters. The Labute approximate surface area is 139 Å². The molecule has 0 aliphatic carbocycles. The third-order valence-corrected chi connectivity index (χ3v) is 4.83. The first-order valence-corrected chi connectivity index (χ1v) is 9.14. The number of sulfone groups is 1. The zero-order valence-electron chi connectivity index (χ0n) is 12.0. The maximum atomic E-state index is 11.6. The van der Waals surface area contributed by atoms with Gasteiger partial charge in [0.05, 0.1) is 21.3 Å². The molecule has 2 aromatic carbocycles. The molecule has 0 spiro atoms. The van der Waals surface area contributed by atoms with Crippen LogP contribution in [0.2, 0.25) is 10.0 Å². The molecule has 118 valence electrons. The van der Waals surface area contributed by atoms with Crippen LogP contribution >= 0.6 is 23.2 Å². The van der Waals surface area contributed by atoms with E-state index in [0.717, 1.165) is 6.26 Å². The third kappa shape index (κ3) is 3.48. The Balaban J connectivity index is 2.55. The first-order valence-electron chi connectivity index (χ1n) is 6.49. The van der Waals surface area contributed by atoms with Gasteiger partial charge in [-0.2, -0.15) is 0 Å². The molecule has 7 heteroatoms. The van der Waals surface area contributed by atoms with Gasteiger partial charge in [-0.3, -0.25) is 0 Å². The Hall–Kier alpha value is -1.43. The van der Waals surface area contributed by atoms with Crippen molar-refractivity contribution < 1.29 is 13.5 Å². The average Bonchev–Trinajstić information content (AvgIpc) is 2.44. The number of phenolic OH excluding ortho intramolecular Hbond substituents is 1. The van der Waals surface area contributed by atoms with Gasteiger partial charge in [0.1, 0.15) is 5.75 Å². The van der Waals surface area contributed by atoms with Crippen molar-refractivity contribution in [3.8, 4) is 5.75 Å². The Morgan fingerprint density at radius 3 is 2.32 bits per heavy atom. The molecule has 4 nitrogen and oxygen atoms in total. The van der Waals surface area contributed by atoms with Gasteiger partial charge >= 0.3 is 0 Å².